The van der Waals surface area contributed by atoms with Crippen LogP contribution >= 0.6 is 34.7 Å². The molecule has 1 aromatic carbocycles. The quantitative estimate of drug-likeness (QED) is 0.789. The number of halogens is 1. The molecular formula is C14H13ClN2O2S2. The fraction of sp³-hybridized carbons (Fsp3) is 0.143. The average Bonchev–Trinajstić information content (AvgIpc) is 2.89. The van der Waals surface area contributed by atoms with Gasteiger partial charge in [-0.05, 0) is 35.7 Å². The van der Waals surface area contributed by atoms with Gasteiger partial charge in [-0.3, -0.25) is 9.59 Å². The molecule has 110 valence electrons. The van der Waals surface area contributed by atoms with E-state index in [1.54, 1.807) is 23.2 Å². The maximum atomic E-state index is 11.8. The van der Waals surface area contributed by atoms with Crippen molar-refractivity contribution in [1.29, 1.82) is 0 Å². The molecule has 0 aliphatic heterocycles. The Morgan fingerprint density at radius 2 is 1.95 bits per heavy atom. The number of anilines is 1. The number of thioether (sulfide) groups is 1. The van der Waals surface area contributed by atoms with Gasteiger partial charge < -0.3 is 11.1 Å². The number of benzene rings is 1. The Labute approximate surface area is 135 Å². The Bertz CT molecular complexity index is 641. The van der Waals surface area contributed by atoms with Crippen LogP contribution in [-0.2, 0) is 4.79 Å². The molecule has 1 heterocycles. The number of hydrogen-bond donors (Lipinski definition) is 2. The summed E-state index contributed by atoms with van der Waals surface area (Å²) >= 11 is 8.66. The molecule has 3 N–H and O–H groups in total. The lowest BCUT2D eigenvalue weighted by molar-refractivity contribution is -0.115. The summed E-state index contributed by atoms with van der Waals surface area (Å²) < 4.78 is 0. The largest absolute Gasteiger partial charge is 0.366 e. The van der Waals surface area contributed by atoms with Crippen LogP contribution in [0.5, 0.6) is 0 Å². The summed E-state index contributed by atoms with van der Waals surface area (Å²) in [5.74, 6) is -0.0337. The Hall–Kier alpha value is -1.50. The third-order valence-electron chi connectivity index (χ3n) is 2.60. The minimum Gasteiger partial charge on any atom is -0.366 e. The van der Waals surface area contributed by atoms with Gasteiger partial charge in [0.1, 0.15) is 5.00 Å². The SMILES string of the molecule is NC(=O)c1ccsc1NC(=O)CCSc1ccc(Cl)cc1. The van der Waals surface area contributed by atoms with Crippen molar-refractivity contribution in [2.24, 2.45) is 5.73 Å². The van der Waals surface area contributed by atoms with Crippen molar-refractivity contribution < 1.29 is 9.59 Å². The van der Waals surface area contributed by atoms with Crippen LogP contribution in [0, 0.1) is 0 Å². The molecule has 0 aliphatic carbocycles. The summed E-state index contributed by atoms with van der Waals surface area (Å²) in [6.45, 7) is 0. The zero-order valence-corrected chi connectivity index (χ0v) is 13.4. The van der Waals surface area contributed by atoms with Crippen LogP contribution in [0.2, 0.25) is 5.02 Å². The molecule has 0 saturated heterocycles. The van der Waals surface area contributed by atoms with Gasteiger partial charge >= 0.3 is 0 Å². The van der Waals surface area contributed by atoms with E-state index in [1.807, 2.05) is 24.3 Å². The topological polar surface area (TPSA) is 72.2 Å². The fourth-order valence-electron chi connectivity index (χ4n) is 1.58. The molecule has 0 unspecified atom stereocenters. The first-order chi connectivity index (χ1) is 10.1. The number of nitrogens with two attached hydrogens (primary N) is 1. The molecule has 2 amide bonds. The summed E-state index contributed by atoms with van der Waals surface area (Å²) in [5, 5.41) is 5.62. The van der Waals surface area contributed by atoms with Crippen LogP contribution in [0.15, 0.2) is 40.6 Å². The Balaban J connectivity index is 1.81. The minimum atomic E-state index is -0.540. The number of carbonyl (C=O) groups excluding carboxylic acids is 2. The van der Waals surface area contributed by atoms with Crippen molar-refractivity contribution in [3.63, 3.8) is 0 Å². The molecule has 1 aromatic heterocycles. The molecule has 21 heavy (non-hydrogen) atoms. The van der Waals surface area contributed by atoms with Crippen LogP contribution in [0.1, 0.15) is 16.8 Å². The fourth-order valence-corrected chi connectivity index (χ4v) is 3.37. The average molecular weight is 341 g/mol. The second-order valence-electron chi connectivity index (χ2n) is 4.13. The third kappa shape index (κ3) is 4.77. The second-order valence-corrected chi connectivity index (χ2v) is 6.65. The van der Waals surface area contributed by atoms with Gasteiger partial charge in [-0.15, -0.1) is 23.1 Å². The van der Waals surface area contributed by atoms with Crippen molar-refractivity contribution in [1.82, 2.24) is 0 Å². The number of amides is 2. The normalized spacial score (nSPS) is 10.3. The van der Waals surface area contributed by atoms with Gasteiger partial charge in [0, 0.05) is 22.1 Å². The number of hydrogen-bond acceptors (Lipinski definition) is 4. The van der Waals surface area contributed by atoms with E-state index < -0.39 is 5.91 Å². The van der Waals surface area contributed by atoms with Crippen LogP contribution in [0.4, 0.5) is 5.00 Å². The lowest BCUT2D eigenvalue weighted by Crippen LogP contribution is -2.16. The zero-order chi connectivity index (χ0) is 15.2. The number of primary amides is 1. The smallest absolute Gasteiger partial charge is 0.251 e. The highest BCUT2D eigenvalue weighted by molar-refractivity contribution is 7.99. The molecule has 2 aromatic rings. The third-order valence-corrected chi connectivity index (χ3v) is 4.69. The maximum absolute atomic E-state index is 11.8. The standard InChI is InChI=1S/C14H13ClN2O2S2/c15-9-1-3-10(4-2-9)20-8-6-12(18)17-14-11(13(16)19)5-7-21-14/h1-5,7H,6,8H2,(H2,16,19)(H,17,18). The van der Waals surface area contributed by atoms with Crippen LogP contribution in [0.25, 0.3) is 0 Å². The first-order valence-corrected chi connectivity index (χ1v) is 8.36. The summed E-state index contributed by atoms with van der Waals surface area (Å²) in [6, 6.07) is 9.05. The summed E-state index contributed by atoms with van der Waals surface area (Å²) in [7, 11) is 0. The van der Waals surface area contributed by atoms with Gasteiger partial charge in [-0.2, -0.15) is 0 Å². The molecule has 0 saturated carbocycles. The highest BCUT2D eigenvalue weighted by atomic mass is 35.5. The second kappa shape index (κ2) is 7.49. The zero-order valence-electron chi connectivity index (χ0n) is 11.0. The molecule has 2 rings (SSSR count). The lowest BCUT2D eigenvalue weighted by Gasteiger charge is -2.05. The van der Waals surface area contributed by atoms with E-state index in [-0.39, 0.29) is 5.91 Å². The Morgan fingerprint density at radius 3 is 2.62 bits per heavy atom. The van der Waals surface area contributed by atoms with E-state index in [9.17, 15) is 9.59 Å². The molecule has 0 spiro atoms. The molecular weight excluding hydrogens is 328 g/mol. The highest BCUT2D eigenvalue weighted by Crippen LogP contribution is 2.24. The van der Waals surface area contributed by atoms with Gasteiger partial charge in [0.25, 0.3) is 5.91 Å². The lowest BCUT2D eigenvalue weighted by atomic mass is 10.3. The van der Waals surface area contributed by atoms with Crippen LogP contribution < -0.4 is 11.1 Å². The van der Waals surface area contributed by atoms with Gasteiger partial charge in [0.05, 0.1) is 5.56 Å². The number of carbonyl (C=O) groups is 2. The van der Waals surface area contributed by atoms with E-state index in [0.29, 0.717) is 27.8 Å². The van der Waals surface area contributed by atoms with Crippen molar-refractivity contribution in [3.8, 4) is 0 Å². The number of nitrogens with one attached hydrogen (secondary N) is 1. The van der Waals surface area contributed by atoms with Crippen LogP contribution in [-0.4, -0.2) is 17.6 Å². The van der Waals surface area contributed by atoms with Crippen molar-refractivity contribution in [3.05, 3.63) is 46.3 Å². The van der Waals surface area contributed by atoms with E-state index >= 15 is 0 Å². The van der Waals surface area contributed by atoms with E-state index in [2.05, 4.69) is 5.32 Å². The Kier molecular flexibility index (Phi) is 5.67. The van der Waals surface area contributed by atoms with Crippen molar-refractivity contribution in [2.75, 3.05) is 11.1 Å². The molecule has 0 radical (unpaired) electrons. The highest BCUT2D eigenvalue weighted by Gasteiger charge is 2.12. The van der Waals surface area contributed by atoms with Gasteiger partial charge in [-0.25, -0.2) is 0 Å². The van der Waals surface area contributed by atoms with Crippen molar-refractivity contribution in [2.45, 2.75) is 11.3 Å². The number of rotatable bonds is 6. The predicted octanol–water partition coefficient (Wildman–Crippen LogP) is 3.62. The summed E-state index contributed by atoms with van der Waals surface area (Å²) in [5.41, 5.74) is 5.57. The predicted molar refractivity (Wildman–Crippen MR) is 88.3 cm³/mol. The molecule has 0 bridgehead atoms. The van der Waals surface area contributed by atoms with Gasteiger partial charge in [0.2, 0.25) is 5.91 Å². The van der Waals surface area contributed by atoms with Crippen molar-refractivity contribution >= 4 is 51.5 Å². The summed E-state index contributed by atoms with van der Waals surface area (Å²) in [6.07, 6.45) is 0.351. The first-order valence-electron chi connectivity index (χ1n) is 6.12. The summed E-state index contributed by atoms with van der Waals surface area (Å²) in [4.78, 5) is 24.0. The Morgan fingerprint density at radius 1 is 1.24 bits per heavy atom. The maximum Gasteiger partial charge on any atom is 0.251 e. The molecule has 0 aliphatic rings. The van der Waals surface area contributed by atoms with E-state index in [0.717, 1.165) is 4.90 Å². The molecule has 0 fully saturated rings. The van der Waals surface area contributed by atoms with E-state index in [4.69, 9.17) is 17.3 Å². The minimum absolute atomic E-state index is 0.138. The van der Waals surface area contributed by atoms with Gasteiger partial charge in [0.15, 0.2) is 0 Å². The van der Waals surface area contributed by atoms with E-state index in [1.165, 1.54) is 11.3 Å². The number of thiophene rings is 1. The molecule has 4 nitrogen and oxygen atoms in total. The van der Waals surface area contributed by atoms with Crippen LogP contribution in [0.3, 0.4) is 0 Å². The molecule has 7 heteroatoms. The monoisotopic (exact) mass is 340 g/mol. The van der Waals surface area contributed by atoms with Gasteiger partial charge in [-0.1, -0.05) is 11.6 Å². The molecule has 0 atom stereocenters. The first kappa shape index (κ1) is 15.9.